The predicted molar refractivity (Wildman–Crippen MR) is 126 cm³/mol. The van der Waals surface area contributed by atoms with Crippen LogP contribution in [-0.2, 0) is 11.2 Å². The van der Waals surface area contributed by atoms with E-state index in [1.54, 1.807) is 0 Å². The van der Waals surface area contributed by atoms with Gasteiger partial charge in [-0.05, 0) is 78.4 Å². The maximum absolute atomic E-state index is 12.4. The molecule has 1 aliphatic rings. The number of aromatic nitrogens is 1. The number of nitrogens with one attached hydrogen (secondary N) is 1. The van der Waals surface area contributed by atoms with Crippen LogP contribution in [0.4, 0.5) is 4.79 Å². The summed E-state index contributed by atoms with van der Waals surface area (Å²) in [7, 11) is 0. The van der Waals surface area contributed by atoms with Crippen LogP contribution in [0.15, 0.2) is 23.3 Å². The standard InChI is InChI=1S/C24H41N5O2/c1-7-25-22(26-14-11-20-10-9-19(3)27-17-20)29-15-12-21(13-16-29)18-28(8-2)23(30)31-24(4,5)6/h9-10,17,21H,7-8,11-16,18H2,1-6H3,(H,25,26). The predicted octanol–water partition coefficient (Wildman–Crippen LogP) is 3.87. The number of hydrogen-bond donors (Lipinski definition) is 1. The summed E-state index contributed by atoms with van der Waals surface area (Å²) in [5, 5.41) is 3.43. The van der Waals surface area contributed by atoms with E-state index in [9.17, 15) is 4.79 Å². The van der Waals surface area contributed by atoms with E-state index in [0.717, 1.165) is 63.6 Å². The lowest BCUT2D eigenvalue weighted by Gasteiger charge is -2.36. The number of carbonyl (C=O) groups excluding carboxylic acids is 1. The summed E-state index contributed by atoms with van der Waals surface area (Å²) >= 11 is 0. The SMILES string of the molecule is CCNC(=NCCc1ccc(C)nc1)N1CCC(CN(CC)C(=O)OC(C)(C)C)CC1. The van der Waals surface area contributed by atoms with Crippen LogP contribution >= 0.6 is 0 Å². The van der Waals surface area contributed by atoms with E-state index in [2.05, 4.69) is 28.2 Å². The molecule has 0 saturated carbocycles. The minimum Gasteiger partial charge on any atom is -0.444 e. The van der Waals surface area contributed by atoms with Crippen LogP contribution in [0.5, 0.6) is 0 Å². The number of aliphatic imine (C=N–C) groups is 1. The van der Waals surface area contributed by atoms with Crippen molar-refractivity contribution in [1.29, 1.82) is 0 Å². The van der Waals surface area contributed by atoms with E-state index < -0.39 is 5.60 Å². The summed E-state index contributed by atoms with van der Waals surface area (Å²) in [5.41, 5.74) is 1.79. The number of amides is 1. The second kappa shape index (κ2) is 11.9. The number of rotatable bonds is 7. The molecule has 0 bridgehead atoms. The van der Waals surface area contributed by atoms with Crippen LogP contribution < -0.4 is 5.32 Å². The van der Waals surface area contributed by atoms with Gasteiger partial charge in [0, 0.05) is 51.2 Å². The molecular formula is C24H41N5O2. The zero-order valence-electron chi connectivity index (χ0n) is 20.3. The third-order valence-electron chi connectivity index (χ3n) is 5.40. The van der Waals surface area contributed by atoms with E-state index in [0.29, 0.717) is 12.5 Å². The first-order chi connectivity index (χ1) is 14.7. The molecule has 1 amide bonds. The molecule has 0 aromatic carbocycles. The van der Waals surface area contributed by atoms with E-state index in [1.165, 1.54) is 5.56 Å². The Bertz CT molecular complexity index is 704. The molecule has 1 aromatic heterocycles. The topological polar surface area (TPSA) is 70.1 Å². The van der Waals surface area contributed by atoms with Crippen molar-refractivity contribution in [3.05, 3.63) is 29.6 Å². The lowest BCUT2D eigenvalue weighted by molar-refractivity contribution is 0.0214. The number of guanidine groups is 1. The van der Waals surface area contributed by atoms with Crippen molar-refractivity contribution in [2.75, 3.05) is 39.3 Å². The maximum Gasteiger partial charge on any atom is 0.410 e. The minimum atomic E-state index is -0.459. The van der Waals surface area contributed by atoms with Gasteiger partial charge in [0.1, 0.15) is 5.60 Å². The Labute approximate surface area is 188 Å². The number of hydrogen-bond acceptors (Lipinski definition) is 4. The third kappa shape index (κ3) is 8.75. The molecule has 174 valence electrons. The number of carbonyl (C=O) groups is 1. The summed E-state index contributed by atoms with van der Waals surface area (Å²) in [6.07, 6.45) is 4.71. The van der Waals surface area contributed by atoms with E-state index in [-0.39, 0.29) is 6.09 Å². The van der Waals surface area contributed by atoms with E-state index in [4.69, 9.17) is 9.73 Å². The van der Waals surface area contributed by atoms with Crippen LogP contribution in [0.1, 0.15) is 58.7 Å². The summed E-state index contributed by atoms with van der Waals surface area (Å²) < 4.78 is 5.55. The fourth-order valence-electron chi connectivity index (χ4n) is 3.66. The average Bonchev–Trinajstić information content (AvgIpc) is 2.72. The zero-order valence-corrected chi connectivity index (χ0v) is 20.3. The van der Waals surface area contributed by atoms with Gasteiger partial charge in [0.2, 0.25) is 0 Å². The van der Waals surface area contributed by atoms with Gasteiger partial charge in [0.05, 0.1) is 0 Å². The first-order valence-corrected chi connectivity index (χ1v) is 11.6. The second-order valence-electron chi connectivity index (χ2n) is 9.24. The molecule has 0 unspecified atom stereocenters. The lowest BCUT2D eigenvalue weighted by atomic mass is 9.96. The summed E-state index contributed by atoms with van der Waals surface area (Å²) in [4.78, 5) is 25.8. The lowest BCUT2D eigenvalue weighted by Crippen LogP contribution is -2.48. The van der Waals surface area contributed by atoms with Gasteiger partial charge in [-0.2, -0.15) is 0 Å². The second-order valence-corrected chi connectivity index (χ2v) is 9.24. The molecular weight excluding hydrogens is 390 g/mol. The molecule has 0 atom stereocenters. The highest BCUT2D eigenvalue weighted by atomic mass is 16.6. The fourth-order valence-corrected chi connectivity index (χ4v) is 3.66. The van der Waals surface area contributed by atoms with Gasteiger partial charge in [0.15, 0.2) is 5.96 Å². The van der Waals surface area contributed by atoms with Crippen LogP contribution in [0.2, 0.25) is 0 Å². The van der Waals surface area contributed by atoms with Crippen molar-refractivity contribution in [3.63, 3.8) is 0 Å². The van der Waals surface area contributed by atoms with Gasteiger partial charge < -0.3 is 19.9 Å². The van der Waals surface area contributed by atoms with Crippen molar-refractivity contribution >= 4 is 12.1 Å². The van der Waals surface area contributed by atoms with Gasteiger partial charge in [0.25, 0.3) is 0 Å². The van der Waals surface area contributed by atoms with Gasteiger partial charge in [-0.25, -0.2) is 4.79 Å². The highest BCUT2D eigenvalue weighted by Gasteiger charge is 2.27. The molecule has 0 radical (unpaired) electrons. The molecule has 1 saturated heterocycles. The number of ether oxygens (including phenoxy) is 1. The van der Waals surface area contributed by atoms with Crippen LogP contribution in [0.25, 0.3) is 0 Å². The zero-order chi connectivity index (χ0) is 22.9. The number of likely N-dealkylation sites (tertiary alicyclic amines) is 1. The number of pyridine rings is 1. The van der Waals surface area contributed by atoms with E-state index >= 15 is 0 Å². The van der Waals surface area contributed by atoms with Gasteiger partial charge >= 0.3 is 6.09 Å². The van der Waals surface area contributed by atoms with Crippen LogP contribution in [0, 0.1) is 12.8 Å². The smallest absolute Gasteiger partial charge is 0.410 e. The average molecular weight is 432 g/mol. The molecule has 2 rings (SSSR count). The van der Waals surface area contributed by atoms with Crippen molar-refractivity contribution in [3.8, 4) is 0 Å². The monoisotopic (exact) mass is 431 g/mol. The van der Waals surface area contributed by atoms with Crippen LogP contribution in [0.3, 0.4) is 0 Å². The first-order valence-electron chi connectivity index (χ1n) is 11.6. The first kappa shape index (κ1) is 25.0. The molecule has 0 spiro atoms. The Morgan fingerprint density at radius 2 is 2.00 bits per heavy atom. The molecule has 7 heteroatoms. The molecule has 0 aliphatic carbocycles. The third-order valence-corrected chi connectivity index (χ3v) is 5.40. The number of aryl methyl sites for hydroxylation is 1. The van der Waals surface area contributed by atoms with Gasteiger partial charge in [-0.15, -0.1) is 0 Å². The normalized spacial score (nSPS) is 15.7. The quantitative estimate of drug-likeness (QED) is 0.524. The highest BCUT2D eigenvalue weighted by molar-refractivity contribution is 5.80. The van der Waals surface area contributed by atoms with Gasteiger partial charge in [-0.3, -0.25) is 9.98 Å². The van der Waals surface area contributed by atoms with Crippen molar-refractivity contribution in [2.45, 2.75) is 66.4 Å². The number of piperidine rings is 1. The van der Waals surface area contributed by atoms with Crippen molar-refractivity contribution in [2.24, 2.45) is 10.9 Å². The molecule has 1 fully saturated rings. The van der Waals surface area contributed by atoms with Crippen molar-refractivity contribution in [1.82, 2.24) is 20.1 Å². The molecule has 2 heterocycles. The summed E-state index contributed by atoms with van der Waals surface area (Å²) in [6.45, 7) is 16.8. The summed E-state index contributed by atoms with van der Waals surface area (Å²) in [6, 6.07) is 4.17. The van der Waals surface area contributed by atoms with Crippen LogP contribution in [-0.4, -0.2) is 71.7 Å². The van der Waals surface area contributed by atoms with Crippen molar-refractivity contribution < 1.29 is 9.53 Å². The Hall–Kier alpha value is -2.31. The maximum atomic E-state index is 12.4. The Kier molecular flexibility index (Phi) is 9.59. The largest absolute Gasteiger partial charge is 0.444 e. The molecule has 7 nitrogen and oxygen atoms in total. The van der Waals surface area contributed by atoms with E-state index in [1.807, 2.05) is 51.8 Å². The Morgan fingerprint density at radius 3 is 2.55 bits per heavy atom. The Balaban J connectivity index is 1.86. The molecule has 31 heavy (non-hydrogen) atoms. The number of nitrogens with zero attached hydrogens (tertiary/aromatic N) is 4. The van der Waals surface area contributed by atoms with Gasteiger partial charge in [-0.1, -0.05) is 6.07 Å². The highest BCUT2D eigenvalue weighted by Crippen LogP contribution is 2.20. The Morgan fingerprint density at radius 1 is 1.29 bits per heavy atom. The molecule has 1 N–H and O–H groups in total. The minimum absolute atomic E-state index is 0.210. The molecule has 1 aliphatic heterocycles. The fraction of sp³-hybridized carbons (Fsp3) is 0.708. The molecule has 1 aromatic rings. The summed E-state index contributed by atoms with van der Waals surface area (Å²) in [5.74, 6) is 1.48.